The fraction of sp³-hybridized carbons (Fsp3) is 1.00. The van der Waals surface area contributed by atoms with E-state index in [1.54, 1.807) is 0 Å². The molecular formula is C13H30N2. The number of piperazine rings is 1. The normalized spacial score (nSPS) is 17.0. The standard InChI is InChI=1S/C7H16N2.C6H14/c1-2-5-9-6-3-8-4-7-9;1-3-5-6-4-2/h8H,2-7H2,1H3;3-6H2,1-2H3. The fourth-order valence-electron chi connectivity index (χ4n) is 1.75. The predicted octanol–water partition coefficient (Wildman–Crippen LogP) is 2.89. The summed E-state index contributed by atoms with van der Waals surface area (Å²) in [4.78, 5) is 2.51. The Bertz CT molecular complexity index is 102. The van der Waals surface area contributed by atoms with E-state index in [2.05, 4.69) is 31.0 Å². The van der Waals surface area contributed by atoms with Gasteiger partial charge in [0.25, 0.3) is 0 Å². The molecule has 2 heteroatoms. The largest absolute Gasteiger partial charge is 0.314 e. The third-order valence-corrected chi connectivity index (χ3v) is 2.71. The van der Waals surface area contributed by atoms with Crippen LogP contribution in [-0.2, 0) is 0 Å². The third kappa shape index (κ3) is 10.2. The van der Waals surface area contributed by atoms with Crippen molar-refractivity contribution in [2.45, 2.75) is 52.9 Å². The lowest BCUT2D eigenvalue weighted by atomic mass is 10.2. The molecule has 0 aliphatic carbocycles. The van der Waals surface area contributed by atoms with Crippen LogP contribution < -0.4 is 5.32 Å². The second-order valence-electron chi connectivity index (χ2n) is 4.30. The molecule has 15 heavy (non-hydrogen) atoms. The summed E-state index contributed by atoms with van der Waals surface area (Å²) in [5, 5.41) is 3.33. The van der Waals surface area contributed by atoms with E-state index in [4.69, 9.17) is 0 Å². The Hall–Kier alpha value is -0.0800. The molecule has 0 radical (unpaired) electrons. The summed E-state index contributed by atoms with van der Waals surface area (Å²) < 4.78 is 0. The van der Waals surface area contributed by atoms with Gasteiger partial charge in [0.2, 0.25) is 0 Å². The quantitative estimate of drug-likeness (QED) is 0.708. The predicted molar refractivity (Wildman–Crippen MR) is 69.4 cm³/mol. The van der Waals surface area contributed by atoms with Crippen molar-refractivity contribution in [2.24, 2.45) is 0 Å². The van der Waals surface area contributed by atoms with Crippen molar-refractivity contribution in [1.29, 1.82) is 0 Å². The van der Waals surface area contributed by atoms with E-state index in [-0.39, 0.29) is 0 Å². The Labute approximate surface area is 96.4 Å². The SMILES string of the molecule is CCCCCC.CCCN1CCNCC1. The Morgan fingerprint density at radius 3 is 1.80 bits per heavy atom. The second kappa shape index (κ2) is 12.0. The van der Waals surface area contributed by atoms with Crippen LogP contribution in [0, 0.1) is 0 Å². The number of hydrogen-bond acceptors (Lipinski definition) is 2. The first-order valence-electron chi connectivity index (χ1n) is 6.78. The zero-order valence-corrected chi connectivity index (χ0v) is 11.0. The van der Waals surface area contributed by atoms with E-state index in [1.165, 1.54) is 64.8 Å². The van der Waals surface area contributed by atoms with Gasteiger partial charge in [0.15, 0.2) is 0 Å². The second-order valence-corrected chi connectivity index (χ2v) is 4.30. The first kappa shape index (κ1) is 14.9. The summed E-state index contributed by atoms with van der Waals surface area (Å²) in [5.74, 6) is 0. The van der Waals surface area contributed by atoms with E-state index in [9.17, 15) is 0 Å². The van der Waals surface area contributed by atoms with Crippen LogP contribution in [0.3, 0.4) is 0 Å². The van der Waals surface area contributed by atoms with E-state index in [1.807, 2.05) is 0 Å². The van der Waals surface area contributed by atoms with Gasteiger partial charge in [-0.25, -0.2) is 0 Å². The Morgan fingerprint density at radius 2 is 1.40 bits per heavy atom. The first-order chi connectivity index (χ1) is 7.35. The highest BCUT2D eigenvalue weighted by Crippen LogP contribution is 1.95. The monoisotopic (exact) mass is 214 g/mol. The van der Waals surface area contributed by atoms with Crippen molar-refractivity contribution in [2.75, 3.05) is 32.7 Å². The topological polar surface area (TPSA) is 15.3 Å². The summed E-state index contributed by atoms with van der Waals surface area (Å²) in [6.45, 7) is 12.8. The molecule has 0 aromatic heterocycles. The molecule has 2 nitrogen and oxygen atoms in total. The minimum Gasteiger partial charge on any atom is -0.314 e. The van der Waals surface area contributed by atoms with Crippen LogP contribution >= 0.6 is 0 Å². The number of nitrogens with zero attached hydrogens (tertiary/aromatic N) is 1. The van der Waals surface area contributed by atoms with Crippen LogP contribution in [0.4, 0.5) is 0 Å². The number of unbranched alkanes of at least 4 members (excludes halogenated alkanes) is 3. The summed E-state index contributed by atoms with van der Waals surface area (Å²) in [6.07, 6.45) is 6.83. The van der Waals surface area contributed by atoms with Crippen molar-refractivity contribution >= 4 is 0 Å². The molecule has 1 heterocycles. The molecule has 1 fully saturated rings. The van der Waals surface area contributed by atoms with E-state index < -0.39 is 0 Å². The molecule has 0 aromatic rings. The Morgan fingerprint density at radius 1 is 0.867 bits per heavy atom. The molecule has 0 unspecified atom stereocenters. The average Bonchev–Trinajstić information content (AvgIpc) is 2.29. The van der Waals surface area contributed by atoms with Crippen molar-refractivity contribution in [1.82, 2.24) is 10.2 Å². The Balaban J connectivity index is 0.000000288. The van der Waals surface area contributed by atoms with E-state index in [0.29, 0.717) is 0 Å². The first-order valence-corrected chi connectivity index (χ1v) is 6.78. The van der Waals surface area contributed by atoms with Gasteiger partial charge in [0.1, 0.15) is 0 Å². The fourth-order valence-corrected chi connectivity index (χ4v) is 1.75. The maximum Gasteiger partial charge on any atom is 0.0107 e. The maximum atomic E-state index is 3.33. The van der Waals surface area contributed by atoms with E-state index in [0.717, 1.165) is 0 Å². The smallest absolute Gasteiger partial charge is 0.0107 e. The molecule has 1 rings (SSSR count). The zero-order chi connectivity index (χ0) is 11.4. The van der Waals surface area contributed by atoms with Crippen molar-refractivity contribution in [3.05, 3.63) is 0 Å². The zero-order valence-electron chi connectivity index (χ0n) is 11.0. The molecule has 1 saturated heterocycles. The van der Waals surface area contributed by atoms with Gasteiger partial charge in [-0.2, -0.15) is 0 Å². The van der Waals surface area contributed by atoms with Crippen LogP contribution in [0.2, 0.25) is 0 Å². The van der Waals surface area contributed by atoms with Gasteiger partial charge in [-0.3, -0.25) is 0 Å². The Kier molecular flexibility index (Phi) is 11.9. The highest BCUT2D eigenvalue weighted by atomic mass is 15.2. The van der Waals surface area contributed by atoms with Gasteiger partial charge in [-0.05, 0) is 13.0 Å². The lowest BCUT2D eigenvalue weighted by Crippen LogP contribution is -2.43. The molecule has 0 aromatic carbocycles. The molecule has 1 N–H and O–H groups in total. The molecule has 0 saturated carbocycles. The number of hydrogen-bond donors (Lipinski definition) is 1. The number of rotatable bonds is 5. The highest BCUT2D eigenvalue weighted by Gasteiger charge is 2.06. The maximum absolute atomic E-state index is 3.33. The van der Waals surface area contributed by atoms with Crippen LogP contribution in [-0.4, -0.2) is 37.6 Å². The summed E-state index contributed by atoms with van der Waals surface area (Å²) in [7, 11) is 0. The molecule has 92 valence electrons. The van der Waals surface area contributed by atoms with Crippen LogP contribution in [0.5, 0.6) is 0 Å². The molecule has 0 spiro atoms. The van der Waals surface area contributed by atoms with Gasteiger partial charge >= 0.3 is 0 Å². The highest BCUT2D eigenvalue weighted by molar-refractivity contribution is 4.66. The molecule has 0 atom stereocenters. The average molecular weight is 214 g/mol. The molecule has 1 aliphatic heterocycles. The molecule has 1 aliphatic rings. The van der Waals surface area contributed by atoms with Crippen molar-refractivity contribution < 1.29 is 0 Å². The molecular weight excluding hydrogens is 184 g/mol. The summed E-state index contributed by atoms with van der Waals surface area (Å²) >= 11 is 0. The third-order valence-electron chi connectivity index (χ3n) is 2.71. The van der Waals surface area contributed by atoms with Gasteiger partial charge in [-0.1, -0.05) is 46.5 Å². The van der Waals surface area contributed by atoms with Crippen molar-refractivity contribution in [3.8, 4) is 0 Å². The van der Waals surface area contributed by atoms with Crippen LogP contribution in [0.15, 0.2) is 0 Å². The van der Waals surface area contributed by atoms with Gasteiger partial charge in [0, 0.05) is 26.2 Å². The van der Waals surface area contributed by atoms with Crippen molar-refractivity contribution in [3.63, 3.8) is 0 Å². The van der Waals surface area contributed by atoms with Gasteiger partial charge < -0.3 is 10.2 Å². The summed E-state index contributed by atoms with van der Waals surface area (Å²) in [6, 6.07) is 0. The lowest BCUT2D eigenvalue weighted by molar-refractivity contribution is 0.241. The minimum absolute atomic E-state index is 1.18. The van der Waals surface area contributed by atoms with Crippen LogP contribution in [0.1, 0.15) is 52.9 Å². The van der Waals surface area contributed by atoms with Gasteiger partial charge in [-0.15, -0.1) is 0 Å². The lowest BCUT2D eigenvalue weighted by Gasteiger charge is -2.26. The van der Waals surface area contributed by atoms with Crippen LogP contribution in [0.25, 0.3) is 0 Å². The number of nitrogens with one attached hydrogen (secondary N) is 1. The van der Waals surface area contributed by atoms with E-state index >= 15 is 0 Å². The summed E-state index contributed by atoms with van der Waals surface area (Å²) in [5.41, 5.74) is 0. The minimum atomic E-state index is 1.18. The molecule has 0 bridgehead atoms. The van der Waals surface area contributed by atoms with Gasteiger partial charge in [0.05, 0.1) is 0 Å². The molecule has 0 amide bonds.